The number of aryl methyl sites for hydroxylation is 1. The van der Waals surface area contributed by atoms with Crippen LogP contribution in [0.25, 0.3) is 0 Å². The van der Waals surface area contributed by atoms with Crippen molar-refractivity contribution in [3.63, 3.8) is 0 Å². The lowest BCUT2D eigenvalue weighted by Gasteiger charge is -2.34. The van der Waals surface area contributed by atoms with Crippen LogP contribution in [0.1, 0.15) is 18.9 Å². The highest BCUT2D eigenvalue weighted by Crippen LogP contribution is 2.12. The molecular weight excluding hydrogens is 268 g/mol. The van der Waals surface area contributed by atoms with Gasteiger partial charge in [0.2, 0.25) is 5.91 Å². The zero-order valence-corrected chi connectivity index (χ0v) is 12.7. The van der Waals surface area contributed by atoms with Crippen LogP contribution in [0.15, 0.2) is 24.3 Å². The predicted molar refractivity (Wildman–Crippen MR) is 80.1 cm³/mol. The molecule has 0 bridgehead atoms. The highest BCUT2D eigenvalue weighted by Gasteiger charge is 2.23. The van der Waals surface area contributed by atoms with Crippen molar-refractivity contribution in [2.24, 2.45) is 0 Å². The normalized spacial score (nSPS) is 15.0. The monoisotopic (exact) mass is 290 g/mol. The summed E-state index contributed by atoms with van der Waals surface area (Å²) in [6.07, 6.45) is 0.518. The highest BCUT2D eigenvalue weighted by atomic mass is 16.5. The molecule has 2 amide bonds. The second-order valence-corrected chi connectivity index (χ2v) is 5.22. The van der Waals surface area contributed by atoms with Crippen molar-refractivity contribution in [1.29, 1.82) is 0 Å². The van der Waals surface area contributed by atoms with Gasteiger partial charge in [-0.15, -0.1) is 0 Å². The average Bonchev–Trinajstić information content (AvgIpc) is 2.52. The Bertz CT molecular complexity index is 508. The van der Waals surface area contributed by atoms with Gasteiger partial charge in [-0.25, -0.2) is 0 Å². The van der Waals surface area contributed by atoms with Gasteiger partial charge in [0.25, 0.3) is 5.91 Å². The Morgan fingerprint density at radius 3 is 2.29 bits per heavy atom. The molecule has 1 heterocycles. The van der Waals surface area contributed by atoms with Crippen molar-refractivity contribution in [3.8, 4) is 5.75 Å². The van der Waals surface area contributed by atoms with Crippen molar-refractivity contribution >= 4 is 11.8 Å². The Balaban J connectivity index is 1.78. The Morgan fingerprint density at radius 2 is 1.71 bits per heavy atom. The lowest BCUT2D eigenvalue weighted by molar-refractivity contribution is -0.140. The smallest absolute Gasteiger partial charge is 0.260 e. The van der Waals surface area contributed by atoms with Crippen LogP contribution >= 0.6 is 0 Å². The first-order valence-corrected chi connectivity index (χ1v) is 7.35. The lowest BCUT2D eigenvalue weighted by atomic mass is 10.2. The molecule has 5 nitrogen and oxygen atoms in total. The number of benzene rings is 1. The van der Waals surface area contributed by atoms with Crippen LogP contribution in [0.2, 0.25) is 0 Å². The van der Waals surface area contributed by atoms with Crippen LogP contribution in [-0.4, -0.2) is 54.4 Å². The van der Waals surface area contributed by atoms with Crippen LogP contribution in [-0.2, 0) is 9.59 Å². The van der Waals surface area contributed by atoms with E-state index in [1.165, 1.54) is 0 Å². The Morgan fingerprint density at radius 1 is 1.10 bits per heavy atom. The molecule has 5 heteroatoms. The van der Waals surface area contributed by atoms with E-state index in [9.17, 15) is 9.59 Å². The van der Waals surface area contributed by atoms with Gasteiger partial charge in [0.15, 0.2) is 6.61 Å². The summed E-state index contributed by atoms with van der Waals surface area (Å²) in [7, 11) is 0. The van der Waals surface area contributed by atoms with Gasteiger partial charge in [-0.1, -0.05) is 19.1 Å². The van der Waals surface area contributed by atoms with Crippen molar-refractivity contribution < 1.29 is 14.3 Å². The third-order valence-corrected chi connectivity index (χ3v) is 3.64. The van der Waals surface area contributed by atoms with Crippen LogP contribution in [0, 0.1) is 6.92 Å². The second kappa shape index (κ2) is 7.11. The van der Waals surface area contributed by atoms with Crippen molar-refractivity contribution in [2.75, 3.05) is 32.8 Å². The summed E-state index contributed by atoms with van der Waals surface area (Å²) in [6.45, 7) is 6.29. The van der Waals surface area contributed by atoms with E-state index < -0.39 is 0 Å². The molecule has 1 aromatic rings. The van der Waals surface area contributed by atoms with Gasteiger partial charge in [-0.3, -0.25) is 9.59 Å². The minimum atomic E-state index is -0.0277. The van der Waals surface area contributed by atoms with Crippen LogP contribution in [0.3, 0.4) is 0 Å². The first-order valence-electron chi connectivity index (χ1n) is 7.35. The summed E-state index contributed by atoms with van der Waals surface area (Å²) < 4.78 is 5.53. The lowest BCUT2D eigenvalue weighted by Crippen LogP contribution is -2.51. The van der Waals surface area contributed by atoms with Gasteiger partial charge in [-0.2, -0.15) is 0 Å². The third-order valence-electron chi connectivity index (χ3n) is 3.64. The van der Waals surface area contributed by atoms with Gasteiger partial charge < -0.3 is 14.5 Å². The minimum absolute atomic E-state index is 0.0277. The maximum Gasteiger partial charge on any atom is 0.260 e. The molecule has 0 aromatic heterocycles. The summed E-state index contributed by atoms with van der Waals surface area (Å²) >= 11 is 0. The fourth-order valence-corrected chi connectivity index (χ4v) is 2.37. The Hall–Kier alpha value is -2.04. The molecule has 114 valence electrons. The number of nitrogens with zero attached hydrogens (tertiary/aromatic N) is 2. The SMILES string of the molecule is CCC(=O)N1CCN(C(=O)COc2cccc(C)c2)CC1. The molecule has 0 radical (unpaired) electrons. The van der Waals surface area contributed by atoms with Crippen molar-refractivity contribution in [2.45, 2.75) is 20.3 Å². The van der Waals surface area contributed by atoms with E-state index in [1.54, 1.807) is 4.90 Å². The maximum absolute atomic E-state index is 12.1. The molecule has 0 unspecified atom stereocenters. The molecule has 1 aliphatic heterocycles. The summed E-state index contributed by atoms with van der Waals surface area (Å²) in [4.78, 5) is 27.3. The molecule has 2 rings (SSSR count). The van der Waals surface area contributed by atoms with Crippen molar-refractivity contribution in [3.05, 3.63) is 29.8 Å². The van der Waals surface area contributed by atoms with E-state index >= 15 is 0 Å². The topological polar surface area (TPSA) is 49.9 Å². The van der Waals surface area contributed by atoms with E-state index in [2.05, 4.69) is 0 Å². The van der Waals surface area contributed by atoms with Gasteiger partial charge in [0.1, 0.15) is 5.75 Å². The molecule has 1 aromatic carbocycles. The van der Waals surface area contributed by atoms with Gasteiger partial charge >= 0.3 is 0 Å². The summed E-state index contributed by atoms with van der Waals surface area (Å²) in [5.41, 5.74) is 1.10. The highest BCUT2D eigenvalue weighted by molar-refractivity contribution is 5.79. The van der Waals surface area contributed by atoms with Crippen LogP contribution < -0.4 is 4.74 Å². The number of hydrogen-bond donors (Lipinski definition) is 0. The first-order chi connectivity index (χ1) is 10.1. The Labute approximate surface area is 125 Å². The third kappa shape index (κ3) is 4.21. The van der Waals surface area contributed by atoms with Crippen LogP contribution in [0.4, 0.5) is 0 Å². The number of amides is 2. The molecule has 1 aliphatic rings. The number of hydrogen-bond acceptors (Lipinski definition) is 3. The van der Waals surface area contributed by atoms with E-state index in [0.29, 0.717) is 38.3 Å². The second-order valence-electron chi connectivity index (χ2n) is 5.22. The number of rotatable bonds is 4. The standard InChI is InChI=1S/C16H22N2O3/c1-3-15(19)17-7-9-18(10-8-17)16(20)12-21-14-6-4-5-13(2)11-14/h4-6,11H,3,7-10,12H2,1-2H3. The van der Waals surface area contributed by atoms with Gasteiger partial charge in [0, 0.05) is 32.6 Å². The number of carbonyl (C=O) groups is 2. The Kier molecular flexibility index (Phi) is 5.20. The van der Waals surface area contributed by atoms with Gasteiger partial charge in [0.05, 0.1) is 0 Å². The number of carbonyl (C=O) groups excluding carboxylic acids is 2. The van der Waals surface area contributed by atoms with Crippen LogP contribution in [0.5, 0.6) is 5.75 Å². The molecule has 0 aliphatic carbocycles. The molecule has 0 atom stereocenters. The van der Waals surface area contributed by atoms with E-state index in [0.717, 1.165) is 5.56 Å². The first kappa shape index (κ1) is 15.4. The molecule has 0 spiro atoms. The summed E-state index contributed by atoms with van der Waals surface area (Å²) in [5.74, 6) is 0.835. The number of piperazine rings is 1. The molecule has 1 fully saturated rings. The fourth-order valence-electron chi connectivity index (χ4n) is 2.37. The van der Waals surface area contributed by atoms with E-state index in [4.69, 9.17) is 4.74 Å². The van der Waals surface area contributed by atoms with E-state index in [1.807, 2.05) is 43.0 Å². The minimum Gasteiger partial charge on any atom is -0.484 e. The molecular formula is C16H22N2O3. The average molecular weight is 290 g/mol. The number of ether oxygens (including phenoxy) is 1. The molecule has 0 saturated carbocycles. The quantitative estimate of drug-likeness (QED) is 0.843. The predicted octanol–water partition coefficient (Wildman–Crippen LogP) is 1.45. The maximum atomic E-state index is 12.1. The molecule has 21 heavy (non-hydrogen) atoms. The largest absolute Gasteiger partial charge is 0.484 e. The molecule has 1 saturated heterocycles. The fraction of sp³-hybridized carbons (Fsp3) is 0.500. The van der Waals surface area contributed by atoms with Crippen molar-refractivity contribution in [1.82, 2.24) is 9.80 Å². The zero-order chi connectivity index (χ0) is 15.2. The zero-order valence-electron chi connectivity index (χ0n) is 12.7. The van der Waals surface area contributed by atoms with Gasteiger partial charge in [-0.05, 0) is 24.6 Å². The molecule has 0 N–H and O–H groups in total. The summed E-state index contributed by atoms with van der Waals surface area (Å²) in [6, 6.07) is 7.65. The van der Waals surface area contributed by atoms with E-state index in [-0.39, 0.29) is 18.4 Å². The summed E-state index contributed by atoms with van der Waals surface area (Å²) in [5, 5.41) is 0.